The van der Waals surface area contributed by atoms with E-state index in [1.54, 1.807) is 37.4 Å². The lowest BCUT2D eigenvalue weighted by Gasteiger charge is -2.09. The summed E-state index contributed by atoms with van der Waals surface area (Å²) in [5.74, 6) is 1.56. The fourth-order valence-corrected chi connectivity index (χ4v) is 2.55. The first-order valence-electron chi connectivity index (χ1n) is 6.82. The summed E-state index contributed by atoms with van der Waals surface area (Å²) < 4.78 is 35.1. The Morgan fingerprint density at radius 1 is 1.04 bits per heavy atom. The maximum absolute atomic E-state index is 11.0. The molecule has 3 N–H and O–H groups in total. The number of nitrogens with one attached hydrogen (secondary N) is 1. The zero-order valence-electron chi connectivity index (χ0n) is 12.6. The van der Waals surface area contributed by atoms with Crippen molar-refractivity contribution in [2.45, 2.75) is 0 Å². The van der Waals surface area contributed by atoms with Gasteiger partial charge in [-0.2, -0.15) is 8.42 Å². The van der Waals surface area contributed by atoms with Gasteiger partial charge in [-0.25, -0.2) is 15.1 Å². The van der Waals surface area contributed by atoms with E-state index in [-0.39, 0.29) is 0 Å². The van der Waals surface area contributed by atoms with Gasteiger partial charge in [0, 0.05) is 11.8 Å². The molecule has 1 heterocycles. The summed E-state index contributed by atoms with van der Waals surface area (Å²) in [5, 5.41) is 5.64. The number of rotatable bonds is 5. The van der Waals surface area contributed by atoms with E-state index in [9.17, 15) is 8.42 Å². The molecule has 0 aliphatic rings. The van der Waals surface area contributed by atoms with E-state index in [1.165, 1.54) is 18.5 Å². The van der Waals surface area contributed by atoms with E-state index in [4.69, 9.17) is 14.6 Å². The molecule has 0 aliphatic heterocycles. The molecule has 0 bridgehead atoms. The molecule has 0 unspecified atom stereocenters. The highest BCUT2D eigenvalue weighted by atomic mass is 32.2. The van der Waals surface area contributed by atoms with Crippen LogP contribution in [0, 0.1) is 0 Å². The lowest BCUT2D eigenvalue weighted by Crippen LogP contribution is -2.21. The van der Waals surface area contributed by atoms with Gasteiger partial charge in [0.25, 0.3) is 10.2 Å². The van der Waals surface area contributed by atoms with E-state index in [1.807, 2.05) is 0 Å². The van der Waals surface area contributed by atoms with Crippen LogP contribution in [-0.4, -0.2) is 25.5 Å². The third kappa shape index (κ3) is 3.70. The van der Waals surface area contributed by atoms with Crippen molar-refractivity contribution in [1.29, 1.82) is 0 Å². The molecular weight excluding hydrogens is 332 g/mol. The van der Waals surface area contributed by atoms with Gasteiger partial charge in [-0.3, -0.25) is 4.72 Å². The normalized spacial score (nSPS) is 11.2. The van der Waals surface area contributed by atoms with Gasteiger partial charge in [0.2, 0.25) is 5.88 Å². The van der Waals surface area contributed by atoms with Gasteiger partial charge in [-0.05, 0) is 36.4 Å². The first-order valence-corrected chi connectivity index (χ1v) is 8.36. The molecule has 3 aromatic rings. The molecule has 1 aromatic heterocycles. The number of hydrogen-bond donors (Lipinski definition) is 2. The monoisotopic (exact) mass is 346 g/mol. The molecule has 0 atom stereocenters. The van der Waals surface area contributed by atoms with Gasteiger partial charge < -0.3 is 9.47 Å². The number of hydrogen-bond acceptors (Lipinski definition) is 6. The van der Waals surface area contributed by atoms with E-state index in [2.05, 4.69) is 14.7 Å². The molecule has 0 spiro atoms. The van der Waals surface area contributed by atoms with Crippen molar-refractivity contribution in [2.75, 3.05) is 11.8 Å². The number of methoxy groups -OCH3 is 1. The maximum Gasteiger partial charge on any atom is 0.296 e. The topological polar surface area (TPSA) is 116 Å². The van der Waals surface area contributed by atoms with Crippen LogP contribution in [-0.2, 0) is 10.2 Å². The minimum atomic E-state index is -3.81. The number of nitrogens with two attached hydrogens (primary N) is 1. The van der Waals surface area contributed by atoms with E-state index in [0.717, 1.165) is 5.39 Å². The molecule has 0 aliphatic carbocycles. The van der Waals surface area contributed by atoms with Gasteiger partial charge in [0.1, 0.15) is 17.8 Å². The van der Waals surface area contributed by atoms with Crippen LogP contribution in [0.1, 0.15) is 0 Å². The number of anilines is 1. The quantitative estimate of drug-likeness (QED) is 0.730. The summed E-state index contributed by atoms with van der Waals surface area (Å²) in [6.45, 7) is 0. The van der Waals surface area contributed by atoms with Crippen molar-refractivity contribution >= 4 is 26.8 Å². The summed E-state index contributed by atoms with van der Waals surface area (Å²) in [5.41, 5.74) is 1.02. The smallest absolute Gasteiger partial charge is 0.296 e. The molecule has 124 valence electrons. The molecule has 0 saturated carbocycles. The third-order valence-electron chi connectivity index (χ3n) is 3.14. The molecule has 9 heteroatoms. The molecule has 0 saturated heterocycles. The highest BCUT2D eigenvalue weighted by Crippen LogP contribution is 2.29. The van der Waals surface area contributed by atoms with Crippen molar-refractivity contribution in [3.63, 3.8) is 0 Å². The maximum atomic E-state index is 11.0. The number of fused-ring (bicyclic) bond motifs is 1. The van der Waals surface area contributed by atoms with E-state index >= 15 is 0 Å². The first-order chi connectivity index (χ1) is 11.4. The molecule has 0 radical (unpaired) electrons. The van der Waals surface area contributed by atoms with Crippen LogP contribution in [0.4, 0.5) is 5.69 Å². The summed E-state index contributed by atoms with van der Waals surface area (Å²) in [6.07, 6.45) is 1.40. The summed E-state index contributed by atoms with van der Waals surface area (Å²) >= 11 is 0. The predicted octanol–water partition coefficient (Wildman–Crippen LogP) is 2.05. The fourth-order valence-electron chi connectivity index (χ4n) is 2.09. The van der Waals surface area contributed by atoms with Gasteiger partial charge in [-0.1, -0.05) is 0 Å². The number of nitrogens with zero attached hydrogens (tertiary/aromatic N) is 2. The Balaban J connectivity index is 1.87. The summed E-state index contributed by atoms with van der Waals surface area (Å²) in [6, 6.07) is 11.6. The van der Waals surface area contributed by atoms with Gasteiger partial charge in [-0.15, -0.1) is 0 Å². The molecule has 24 heavy (non-hydrogen) atoms. The molecule has 8 nitrogen and oxygen atoms in total. The Morgan fingerprint density at radius 3 is 2.42 bits per heavy atom. The average molecular weight is 346 g/mol. The second-order valence-corrected chi connectivity index (χ2v) is 6.13. The largest absolute Gasteiger partial charge is 0.497 e. The number of benzene rings is 2. The SMILES string of the molecule is COc1ccc2c(Oc3ccc(NS(N)(=O)=O)cc3)ncnc2c1. The van der Waals surface area contributed by atoms with Gasteiger partial charge in [0.05, 0.1) is 18.0 Å². The summed E-state index contributed by atoms with van der Waals surface area (Å²) in [4.78, 5) is 8.32. The van der Waals surface area contributed by atoms with Crippen molar-refractivity contribution in [1.82, 2.24) is 9.97 Å². The number of aromatic nitrogens is 2. The lowest BCUT2D eigenvalue weighted by molar-refractivity contribution is 0.415. The highest BCUT2D eigenvalue weighted by Gasteiger charge is 2.08. The first kappa shape index (κ1) is 16.0. The van der Waals surface area contributed by atoms with Crippen molar-refractivity contribution in [3.05, 3.63) is 48.8 Å². The zero-order valence-corrected chi connectivity index (χ0v) is 13.4. The van der Waals surface area contributed by atoms with Crippen LogP contribution in [0.2, 0.25) is 0 Å². The van der Waals surface area contributed by atoms with E-state index < -0.39 is 10.2 Å². The Labute approximate surface area is 138 Å². The second-order valence-electron chi connectivity index (χ2n) is 4.84. The fraction of sp³-hybridized carbons (Fsp3) is 0.0667. The summed E-state index contributed by atoms with van der Waals surface area (Å²) in [7, 11) is -2.23. The Hall–Kier alpha value is -2.91. The Bertz CT molecular complexity index is 974. The van der Waals surface area contributed by atoms with Crippen LogP contribution in [0.5, 0.6) is 17.4 Å². The van der Waals surface area contributed by atoms with Crippen LogP contribution >= 0.6 is 0 Å². The number of ether oxygens (including phenoxy) is 2. The molecular formula is C15H14N4O4S. The van der Waals surface area contributed by atoms with Crippen LogP contribution in [0.3, 0.4) is 0 Å². The van der Waals surface area contributed by atoms with E-state index in [0.29, 0.717) is 28.6 Å². The predicted molar refractivity (Wildman–Crippen MR) is 89.3 cm³/mol. The minimum absolute atomic E-state index is 0.335. The minimum Gasteiger partial charge on any atom is -0.497 e. The second kappa shape index (κ2) is 6.30. The van der Waals surface area contributed by atoms with Crippen LogP contribution < -0.4 is 19.3 Å². The van der Waals surface area contributed by atoms with Gasteiger partial charge in [0.15, 0.2) is 0 Å². The van der Waals surface area contributed by atoms with Gasteiger partial charge >= 0.3 is 0 Å². The Morgan fingerprint density at radius 2 is 1.75 bits per heavy atom. The highest BCUT2D eigenvalue weighted by molar-refractivity contribution is 7.90. The molecule has 3 rings (SSSR count). The third-order valence-corrected chi connectivity index (χ3v) is 3.66. The van der Waals surface area contributed by atoms with Crippen molar-refractivity contribution in [3.8, 4) is 17.4 Å². The molecule has 0 fully saturated rings. The Kier molecular flexibility index (Phi) is 4.19. The van der Waals surface area contributed by atoms with Crippen LogP contribution in [0.25, 0.3) is 10.9 Å². The molecule has 2 aromatic carbocycles. The van der Waals surface area contributed by atoms with Crippen LogP contribution in [0.15, 0.2) is 48.8 Å². The lowest BCUT2D eigenvalue weighted by atomic mass is 10.2. The van der Waals surface area contributed by atoms with Crippen molar-refractivity contribution < 1.29 is 17.9 Å². The zero-order chi connectivity index (χ0) is 17.2. The average Bonchev–Trinajstić information content (AvgIpc) is 2.55. The molecule has 0 amide bonds. The van der Waals surface area contributed by atoms with Crippen molar-refractivity contribution in [2.24, 2.45) is 5.14 Å². The standard InChI is InChI=1S/C15H14N4O4S/c1-22-12-6-7-13-14(8-12)17-9-18-15(13)23-11-4-2-10(3-5-11)19-24(16,20)21/h2-9,19H,1H3,(H2,16,20,21).